The smallest absolute Gasteiger partial charge is 0.224 e. The van der Waals surface area contributed by atoms with Crippen LogP contribution in [0.2, 0.25) is 0 Å². The van der Waals surface area contributed by atoms with Crippen molar-refractivity contribution >= 4 is 17.3 Å². The number of nitrogens with one attached hydrogen (secondary N) is 1. The van der Waals surface area contributed by atoms with Gasteiger partial charge in [0, 0.05) is 44.0 Å². The Hall–Kier alpha value is -2.33. The Kier molecular flexibility index (Phi) is 5.96. The zero-order valence-corrected chi connectivity index (χ0v) is 16.9. The van der Waals surface area contributed by atoms with Crippen LogP contribution >= 0.6 is 0 Å². The fourth-order valence-electron chi connectivity index (χ4n) is 4.31. The lowest BCUT2D eigenvalue weighted by Gasteiger charge is -2.36. The Morgan fingerprint density at radius 2 is 1.82 bits per heavy atom. The van der Waals surface area contributed by atoms with E-state index in [2.05, 4.69) is 64.5 Å². The first-order chi connectivity index (χ1) is 13.7. The number of rotatable bonds is 6. The van der Waals surface area contributed by atoms with Gasteiger partial charge in [0.1, 0.15) is 0 Å². The number of fused-ring (bicyclic) bond motifs is 1. The summed E-state index contributed by atoms with van der Waals surface area (Å²) >= 11 is 0. The molecule has 4 heteroatoms. The summed E-state index contributed by atoms with van der Waals surface area (Å²) in [4.78, 5) is 16.6. The van der Waals surface area contributed by atoms with Crippen LogP contribution in [0.15, 0.2) is 42.5 Å². The van der Waals surface area contributed by atoms with E-state index < -0.39 is 0 Å². The van der Waals surface area contributed by atoms with E-state index in [1.54, 1.807) is 0 Å². The van der Waals surface area contributed by atoms with Crippen molar-refractivity contribution in [3.8, 4) is 0 Å². The van der Waals surface area contributed by atoms with Crippen LogP contribution < -0.4 is 10.2 Å². The monoisotopic (exact) mass is 377 g/mol. The van der Waals surface area contributed by atoms with E-state index in [9.17, 15) is 4.79 Å². The van der Waals surface area contributed by atoms with E-state index in [4.69, 9.17) is 0 Å². The van der Waals surface area contributed by atoms with Crippen molar-refractivity contribution in [3.05, 3.63) is 59.2 Å². The average Bonchev–Trinajstić information content (AvgIpc) is 2.72. The zero-order chi connectivity index (χ0) is 19.3. The maximum absolute atomic E-state index is 11.5. The maximum atomic E-state index is 11.5. The highest BCUT2D eigenvalue weighted by Gasteiger charge is 2.17. The molecule has 0 aromatic heterocycles. The molecule has 1 fully saturated rings. The number of aryl methyl sites for hydroxylation is 3. The van der Waals surface area contributed by atoms with Gasteiger partial charge < -0.3 is 10.2 Å². The van der Waals surface area contributed by atoms with Crippen molar-refractivity contribution in [1.82, 2.24) is 4.90 Å². The van der Waals surface area contributed by atoms with Gasteiger partial charge in [0.25, 0.3) is 0 Å². The second-order valence-corrected chi connectivity index (χ2v) is 8.16. The van der Waals surface area contributed by atoms with E-state index >= 15 is 0 Å². The molecule has 0 spiro atoms. The molecule has 2 aromatic carbocycles. The summed E-state index contributed by atoms with van der Waals surface area (Å²) in [6.45, 7) is 7.93. The first kappa shape index (κ1) is 19.0. The molecule has 1 N–H and O–H groups in total. The largest absolute Gasteiger partial charge is 0.369 e. The second-order valence-electron chi connectivity index (χ2n) is 8.16. The Labute approximate surface area is 168 Å². The number of hydrogen-bond donors (Lipinski definition) is 1. The van der Waals surface area contributed by atoms with Crippen molar-refractivity contribution < 1.29 is 4.79 Å². The van der Waals surface area contributed by atoms with Gasteiger partial charge in [-0.2, -0.15) is 0 Å². The number of anilines is 2. The third kappa shape index (κ3) is 4.74. The van der Waals surface area contributed by atoms with Gasteiger partial charge in [-0.05, 0) is 74.0 Å². The number of unbranched alkanes of at least 4 members (excludes halogenated alkanes) is 1. The SMILES string of the molecule is Cc1cccc(N2CCN(CCCCc3ccc4c(c3)CCC(=O)N4)CC2)c1. The molecular weight excluding hydrogens is 346 g/mol. The molecule has 2 aromatic rings. The lowest BCUT2D eigenvalue weighted by atomic mass is 9.98. The Balaban J connectivity index is 1.18. The predicted molar refractivity (Wildman–Crippen MR) is 116 cm³/mol. The van der Waals surface area contributed by atoms with Crippen molar-refractivity contribution in [2.24, 2.45) is 0 Å². The molecule has 148 valence electrons. The predicted octanol–water partition coefficient (Wildman–Crippen LogP) is 4.02. The topological polar surface area (TPSA) is 35.6 Å². The van der Waals surface area contributed by atoms with Gasteiger partial charge in [-0.3, -0.25) is 9.69 Å². The summed E-state index contributed by atoms with van der Waals surface area (Å²) in [6, 6.07) is 15.4. The third-order valence-corrected chi connectivity index (χ3v) is 5.99. The number of nitrogens with zero attached hydrogens (tertiary/aromatic N) is 2. The van der Waals surface area contributed by atoms with E-state index in [-0.39, 0.29) is 5.91 Å². The first-order valence-electron chi connectivity index (χ1n) is 10.6. The van der Waals surface area contributed by atoms with Crippen LogP contribution in [-0.2, 0) is 17.6 Å². The molecule has 1 amide bonds. The van der Waals surface area contributed by atoms with Crippen LogP contribution in [0.5, 0.6) is 0 Å². The maximum Gasteiger partial charge on any atom is 0.224 e. The van der Waals surface area contributed by atoms with Crippen molar-refractivity contribution in [2.75, 3.05) is 42.9 Å². The van der Waals surface area contributed by atoms with Crippen LogP contribution in [0.4, 0.5) is 11.4 Å². The van der Waals surface area contributed by atoms with Gasteiger partial charge in [-0.1, -0.05) is 24.3 Å². The molecule has 0 atom stereocenters. The number of amides is 1. The molecule has 0 saturated carbocycles. The van der Waals surface area contributed by atoms with Crippen molar-refractivity contribution in [3.63, 3.8) is 0 Å². The number of carbonyl (C=O) groups excluding carboxylic acids is 1. The quantitative estimate of drug-likeness (QED) is 0.772. The minimum Gasteiger partial charge on any atom is -0.369 e. The number of piperazine rings is 1. The lowest BCUT2D eigenvalue weighted by Crippen LogP contribution is -2.46. The first-order valence-corrected chi connectivity index (χ1v) is 10.6. The summed E-state index contributed by atoms with van der Waals surface area (Å²) in [7, 11) is 0. The number of carbonyl (C=O) groups is 1. The molecule has 2 aliphatic rings. The molecule has 1 saturated heterocycles. The molecule has 2 heterocycles. The number of hydrogen-bond acceptors (Lipinski definition) is 3. The van der Waals surface area contributed by atoms with Crippen LogP contribution in [0.1, 0.15) is 36.0 Å². The van der Waals surface area contributed by atoms with Crippen LogP contribution in [0.25, 0.3) is 0 Å². The third-order valence-electron chi connectivity index (χ3n) is 5.99. The minimum atomic E-state index is 0.141. The second kappa shape index (κ2) is 8.78. The van der Waals surface area contributed by atoms with Gasteiger partial charge in [-0.15, -0.1) is 0 Å². The average molecular weight is 378 g/mol. The highest BCUT2D eigenvalue weighted by molar-refractivity contribution is 5.93. The van der Waals surface area contributed by atoms with E-state index in [1.165, 1.54) is 41.8 Å². The molecule has 2 aliphatic heterocycles. The van der Waals surface area contributed by atoms with Gasteiger partial charge in [0.2, 0.25) is 5.91 Å². The highest BCUT2D eigenvalue weighted by atomic mass is 16.1. The summed E-state index contributed by atoms with van der Waals surface area (Å²) in [5, 5.41) is 2.97. The molecule has 28 heavy (non-hydrogen) atoms. The molecule has 4 nitrogen and oxygen atoms in total. The van der Waals surface area contributed by atoms with E-state index in [0.717, 1.165) is 44.7 Å². The Morgan fingerprint density at radius 3 is 2.64 bits per heavy atom. The van der Waals surface area contributed by atoms with Crippen LogP contribution in [-0.4, -0.2) is 43.5 Å². The minimum absolute atomic E-state index is 0.141. The fourth-order valence-corrected chi connectivity index (χ4v) is 4.31. The van der Waals surface area contributed by atoms with Gasteiger partial charge >= 0.3 is 0 Å². The zero-order valence-electron chi connectivity index (χ0n) is 16.9. The molecule has 0 unspecified atom stereocenters. The summed E-state index contributed by atoms with van der Waals surface area (Å²) < 4.78 is 0. The van der Waals surface area contributed by atoms with Gasteiger partial charge in [-0.25, -0.2) is 0 Å². The molecular formula is C24H31N3O. The standard InChI is InChI=1S/C24H31N3O/c1-19-5-4-7-22(17-19)27-15-13-26(14-16-27)12-3-2-6-20-8-10-23-21(18-20)9-11-24(28)25-23/h4-5,7-8,10,17-18H,2-3,6,9,11-16H2,1H3,(H,25,28). The molecule has 4 rings (SSSR count). The molecule has 0 bridgehead atoms. The van der Waals surface area contributed by atoms with E-state index in [0.29, 0.717) is 6.42 Å². The molecule has 0 aliphatic carbocycles. The molecule has 0 radical (unpaired) electrons. The fraction of sp³-hybridized carbons (Fsp3) is 0.458. The van der Waals surface area contributed by atoms with Gasteiger partial charge in [0.15, 0.2) is 0 Å². The summed E-state index contributed by atoms with van der Waals surface area (Å²) in [5.41, 5.74) is 6.41. The van der Waals surface area contributed by atoms with Crippen molar-refractivity contribution in [1.29, 1.82) is 0 Å². The Bertz CT molecular complexity index is 824. The lowest BCUT2D eigenvalue weighted by molar-refractivity contribution is -0.116. The Morgan fingerprint density at radius 1 is 0.964 bits per heavy atom. The summed E-state index contributed by atoms with van der Waals surface area (Å²) in [6.07, 6.45) is 5.09. The highest BCUT2D eigenvalue weighted by Crippen LogP contribution is 2.24. The number of benzene rings is 2. The van der Waals surface area contributed by atoms with Crippen LogP contribution in [0.3, 0.4) is 0 Å². The van der Waals surface area contributed by atoms with Crippen LogP contribution in [0, 0.1) is 6.92 Å². The van der Waals surface area contributed by atoms with Gasteiger partial charge in [0.05, 0.1) is 0 Å². The van der Waals surface area contributed by atoms with E-state index in [1.807, 2.05) is 0 Å². The normalized spacial score (nSPS) is 17.3. The summed E-state index contributed by atoms with van der Waals surface area (Å²) in [5.74, 6) is 0.141. The van der Waals surface area contributed by atoms with Crippen molar-refractivity contribution in [2.45, 2.75) is 39.0 Å².